The van der Waals surface area contributed by atoms with Crippen LogP contribution in [0.15, 0.2) is 29.8 Å². The van der Waals surface area contributed by atoms with E-state index in [1.54, 1.807) is 0 Å². The zero-order valence-corrected chi connectivity index (χ0v) is 5.88. The Morgan fingerprint density at radius 2 is 2.33 bits per heavy atom. The van der Waals surface area contributed by atoms with Crippen molar-refractivity contribution in [1.82, 2.24) is 0 Å². The molecular formula is C8H13N. The zero-order valence-electron chi connectivity index (χ0n) is 5.88. The van der Waals surface area contributed by atoms with Crippen molar-refractivity contribution < 1.29 is 0 Å². The van der Waals surface area contributed by atoms with Crippen molar-refractivity contribution in [3.05, 3.63) is 24.8 Å². The van der Waals surface area contributed by atoms with Gasteiger partial charge in [-0.25, -0.2) is 0 Å². The molecule has 0 aromatic heterocycles. The van der Waals surface area contributed by atoms with Crippen molar-refractivity contribution in [1.29, 1.82) is 0 Å². The van der Waals surface area contributed by atoms with Gasteiger partial charge in [0, 0.05) is 12.8 Å². The van der Waals surface area contributed by atoms with E-state index in [1.165, 1.54) is 0 Å². The van der Waals surface area contributed by atoms with Gasteiger partial charge in [-0.2, -0.15) is 0 Å². The van der Waals surface area contributed by atoms with Gasteiger partial charge in [-0.05, 0) is 19.4 Å². The van der Waals surface area contributed by atoms with Crippen molar-refractivity contribution >= 4 is 6.21 Å². The number of allylic oxidation sites excluding steroid dienone is 2. The van der Waals surface area contributed by atoms with Crippen LogP contribution in [0, 0.1) is 0 Å². The minimum absolute atomic E-state index is 0.855. The molecule has 0 atom stereocenters. The molecule has 50 valence electrons. The van der Waals surface area contributed by atoms with Crippen LogP contribution in [0.4, 0.5) is 0 Å². The predicted octanol–water partition coefficient (Wildman–Crippen LogP) is 2.21. The van der Waals surface area contributed by atoms with Crippen molar-refractivity contribution in [3.63, 3.8) is 0 Å². The minimum Gasteiger partial charge on any atom is -0.293 e. The van der Waals surface area contributed by atoms with Gasteiger partial charge in [0.25, 0.3) is 0 Å². The Morgan fingerprint density at radius 3 is 2.89 bits per heavy atom. The summed E-state index contributed by atoms with van der Waals surface area (Å²) in [7, 11) is 0. The van der Waals surface area contributed by atoms with Crippen LogP contribution in [0.2, 0.25) is 0 Å². The molecule has 1 heteroatoms. The minimum atomic E-state index is 0.855. The highest BCUT2D eigenvalue weighted by Gasteiger charge is 1.70. The normalized spacial score (nSPS) is 11.2. The molecule has 0 saturated heterocycles. The van der Waals surface area contributed by atoms with Crippen LogP contribution in [0.1, 0.15) is 13.3 Å². The van der Waals surface area contributed by atoms with Crippen LogP contribution < -0.4 is 0 Å². The lowest BCUT2D eigenvalue weighted by Crippen LogP contribution is -1.74. The van der Waals surface area contributed by atoms with Crippen molar-refractivity contribution in [2.75, 3.05) is 6.54 Å². The van der Waals surface area contributed by atoms with Gasteiger partial charge in [0.2, 0.25) is 0 Å². The standard InChI is InChI=1S/C8H13N/c1-3-5-7-9-8-6-4-2/h3-4,6,8H,1,5,7H2,2H3/b6-4-,9-8?. The van der Waals surface area contributed by atoms with Crippen LogP contribution in [0.5, 0.6) is 0 Å². The summed E-state index contributed by atoms with van der Waals surface area (Å²) in [6.07, 6.45) is 8.52. The maximum absolute atomic E-state index is 4.07. The Hall–Kier alpha value is -0.850. The van der Waals surface area contributed by atoms with E-state index in [2.05, 4.69) is 11.6 Å². The van der Waals surface area contributed by atoms with Crippen LogP contribution in [-0.4, -0.2) is 12.8 Å². The quantitative estimate of drug-likeness (QED) is 0.309. The fourth-order valence-electron chi connectivity index (χ4n) is 0.387. The SMILES string of the molecule is C=CCCN=C/C=C\C. The lowest BCUT2D eigenvalue weighted by atomic mass is 10.4. The van der Waals surface area contributed by atoms with Gasteiger partial charge >= 0.3 is 0 Å². The van der Waals surface area contributed by atoms with Gasteiger partial charge in [0.05, 0.1) is 0 Å². The van der Waals surface area contributed by atoms with Crippen LogP contribution in [-0.2, 0) is 0 Å². The first-order valence-electron chi connectivity index (χ1n) is 3.13. The molecule has 0 radical (unpaired) electrons. The fourth-order valence-corrected chi connectivity index (χ4v) is 0.387. The highest BCUT2D eigenvalue weighted by molar-refractivity contribution is 5.70. The van der Waals surface area contributed by atoms with E-state index >= 15 is 0 Å². The number of hydrogen-bond acceptors (Lipinski definition) is 1. The third-order valence-corrected chi connectivity index (χ3v) is 0.846. The summed E-state index contributed by atoms with van der Waals surface area (Å²) in [6, 6.07) is 0. The average Bonchev–Trinajstić information content (AvgIpc) is 1.89. The maximum Gasteiger partial charge on any atom is 0.0423 e. The van der Waals surface area contributed by atoms with E-state index in [4.69, 9.17) is 0 Å². The molecule has 0 heterocycles. The summed E-state index contributed by atoms with van der Waals surface area (Å²) >= 11 is 0. The summed E-state index contributed by atoms with van der Waals surface area (Å²) in [5, 5.41) is 0. The van der Waals surface area contributed by atoms with E-state index in [-0.39, 0.29) is 0 Å². The van der Waals surface area contributed by atoms with E-state index in [0.29, 0.717) is 0 Å². The summed E-state index contributed by atoms with van der Waals surface area (Å²) in [6.45, 7) is 6.41. The molecule has 0 saturated carbocycles. The predicted molar refractivity (Wildman–Crippen MR) is 43.0 cm³/mol. The molecule has 0 rings (SSSR count). The molecule has 0 unspecified atom stereocenters. The Balaban J connectivity index is 3.14. The number of rotatable bonds is 4. The van der Waals surface area contributed by atoms with Crippen molar-refractivity contribution in [3.8, 4) is 0 Å². The Morgan fingerprint density at radius 1 is 1.56 bits per heavy atom. The Bertz CT molecular complexity index is 112. The number of nitrogens with zero attached hydrogens (tertiary/aromatic N) is 1. The van der Waals surface area contributed by atoms with Crippen LogP contribution >= 0.6 is 0 Å². The molecule has 1 nitrogen and oxygen atoms in total. The highest BCUT2D eigenvalue weighted by Crippen LogP contribution is 1.79. The molecule has 9 heavy (non-hydrogen) atoms. The first-order valence-corrected chi connectivity index (χ1v) is 3.13. The summed E-state index contributed by atoms with van der Waals surface area (Å²) in [4.78, 5) is 4.07. The third kappa shape index (κ3) is 7.15. The smallest absolute Gasteiger partial charge is 0.0423 e. The van der Waals surface area contributed by atoms with Crippen molar-refractivity contribution in [2.24, 2.45) is 4.99 Å². The largest absolute Gasteiger partial charge is 0.293 e. The summed E-state index contributed by atoms with van der Waals surface area (Å²) in [5.41, 5.74) is 0. The van der Waals surface area contributed by atoms with Gasteiger partial charge in [-0.3, -0.25) is 4.99 Å². The van der Waals surface area contributed by atoms with E-state index in [0.717, 1.165) is 13.0 Å². The molecule has 0 spiro atoms. The van der Waals surface area contributed by atoms with Crippen LogP contribution in [0.25, 0.3) is 0 Å². The second-order valence-electron chi connectivity index (χ2n) is 1.66. The topological polar surface area (TPSA) is 12.4 Å². The maximum atomic E-state index is 4.07. The average molecular weight is 123 g/mol. The number of aliphatic imine (C=N–C) groups is 1. The molecule has 0 N–H and O–H groups in total. The first kappa shape index (κ1) is 8.15. The second kappa shape index (κ2) is 7.15. The molecule has 0 aliphatic rings. The summed E-state index contributed by atoms with van der Waals surface area (Å²) < 4.78 is 0. The molecule has 0 aliphatic carbocycles. The van der Waals surface area contributed by atoms with Crippen molar-refractivity contribution in [2.45, 2.75) is 13.3 Å². The zero-order chi connectivity index (χ0) is 6.95. The molecule has 0 aliphatic heterocycles. The Labute approximate surface area is 56.8 Å². The van der Waals surface area contributed by atoms with Gasteiger partial charge < -0.3 is 0 Å². The fraction of sp³-hybridized carbons (Fsp3) is 0.375. The van der Waals surface area contributed by atoms with E-state index in [9.17, 15) is 0 Å². The highest BCUT2D eigenvalue weighted by atomic mass is 14.7. The van der Waals surface area contributed by atoms with Gasteiger partial charge in [0.1, 0.15) is 0 Å². The number of hydrogen-bond donors (Lipinski definition) is 0. The first-order chi connectivity index (χ1) is 4.41. The van der Waals surface area contributed by atoms with Gasteiger partial charge in [-0.1, -0.05) is 12.2 Å². The van der Waals surface area contributed by atoms with Gasteiger partial charge in [-0.15, -0.1) is 6.58 Å². The lowest BCUT2D eigenvalue weighted by Gasteiger charge is -1.81. The molecule has 0 amide bonds. The molecule has 0 fully saturated rings. The second-order valence-corrected chi connectivity index (χ2v) is 1.66. The van der Waals surface area contributed by atoms with E-state index in [1.807, 2.05) is 31.4 Å². The Kier molecular flexibility index (Phi) is 6.47. The van der Waals surface area contributed by atoms with E-state index < -0.39 is 0 Å². The third-order valence-electron chi connectivity index (χ3n) is 0.846. The molecular weight excluding hydrogens is 110 g/mol. The lowest BCUT2D eigenvalue weighted by molar-refractivity contribution is 1.02. The monoisotopic (exact) mass is 123 g/mol. The molecule has 0 bridgehead atoms. The summed E-state index contributed by atoms with van der Waals surface area (Å²) in [5.74, 6) is 0. The molecule has 0 aromatic carbocycles. The molecule has 0 aromatic rings. The van der Waals surface area contributed by atoms with Gasteiger partial charge in [0.15, 0.2) is 0 Å². The van der Waals surface area contributed by atoms with Crippen LogP contribution in [0.3, 0.4) is 0 Å².